The van der Waals surface area contributed by atoms with Crippen LogP contribution in [0, 0.1) is 5.82 Å². The van der Waals surface area contributed by atoms with Crippen molar-refractivity contribution in [3.63, 3.8) is 0 Å². The quantitative estimate of drug-likeness (QED) is 0.839. The van der Waals surface area contributed by atoms with Gasteiger partial charge in [0.2, 0.25) is 0 Å². The molecule has 2 rings (SSSR count). The van der Waals surface area contributed by atoms with Gasteiger partial charge in [0.05, 0.1) is 18.2 Å². The molecule has 0 heterocycles. The second kappa shape index (κ2) is 6.88. The summed E-state index contributed by atoms with van der Waals surface area (Å²) in [5, 5.41) is 3.17. The zero-order chi connectivity index (χ0) is 15.2. The van der Waals surface area contributed by atoms with Crippen LogP contribution in [0.25, 0.3) is 0 Å². The summed E-state index contributed by atoms with van der Waals surface area (Å²) >= 11 is 0. The van der Waals surface area contributed by atoms with Crippen molar-refractivity contribution >= 4 is 11.7 Å². The molecular weight excluding hydrogens is 269 g/mol. The van der Waals surface area contributed by atoms with E-state index in [9.17, 15) is 9.18 Å². The molecule has 21 heavy (non-hydrogen) atoms. The number of anilines is 1. The zero-order valence-corrected chi connectivity index (χ0v) is 12.1. The molecule has 4 heteroatoms. The molecule has 1 unspecified atom stereocenters. The number of rotatable bonds is 5. The highest BCUT2D eigenvalue weighted by Crippen LogP contribution is 2.24. The zero-order valence-electron chi connectivity index (χ0n) is 12.1. The summed E-state index contributed by atoms with van der Waals surface area (Å²) in [6.07, 6.45) is 0. The molecule has 0 bridgehead atoms. The molecule has 1 N–H and O–H groups in total. The molecule has 0 radical (unpaired) electrons. The van der Waals surface area contributed by atoms with Gasteiger partial charge in [0.15, 0.2) is 0 Å². The van der Waals surface area contributed by atoms with Crippen molar-refractivity contribution in [3.05, 3.63) is 65.5 Å². The molecular formula is C17H18FNO2. The Morgan fingerprint density at radius 3 is 2.57 bits per heavy atom. The molecule has 110 valence electrons. The number of halogens is 1. The summed E-state index contributed by atoms with van der Waals surface area (Å²) in [6, 6.07) is 13.4. The number of ether oxygens (including phenoxy) is 1. The molecule has 0 fully saturated rings. The Bertz CT molecular complexity index is 628. The summed E-state index contributed by atoms with van der Waals surface area (Å²) in [5.41, 5.74) is 1.63. The predicted octanol–water partition coefficient (Wildman–Crippen LogP) is 4.18. The third-order valence-corrected chi connectivity index (χ3v) is 3.17. The van der Waals surface area contributed by atoms with Gasteiger partial charge in [-0.3, -0.25) is 0 Å². The van der Waals surface area contributed by atoms with E-state index in [0.29, 0.717) is 23.4 Å². The SMILES string of the molecule is CCOC(=O)c1ccccc1NC(C)c1ccccc1F. The van der Waals surface area contributed by atoms with Crippen molar-refractivity contribution in [3.8, 4) is 0 Å². The van der Waals surface area contributed by atoms with Crippen LogP contribution in [0.3, 0.4) is 0 Å². The first-order valence-electron chi connectivity index (χ1n) is 6.90. The van der Waals surface area contributed by atoms with E-state index in [1.807, 2.05) is 13.0 Å². The van der Waals surface area contributed by atoms with E-state index >= 15 is 0 Å². The minimum absolute atomic E-state index is 0.262. The van der Waals surface area contributed by atoms with Crippen molar-refractivity contribution in [2.24, 2.45) is 0 Å². The smallest absolute Gasteiger partial charge is 0.340 e. The monoisotopic (exact) mass is 287 g/mol. The number of hydrogen-bond donors (Lipinski definition) is 1. The van der Waals surface area contributed by atoms with Crippen molar-refractivity contribution in [2.45, 2.75) is 19.9 Å². The van der Waals surface area contributed by atoms with Crippen LogP contribution in [0.15, 0.2) is 48.5 Å². The third-order valence-electron chi connectivity index (χ3n) is 3.17. The average Bonchev–Trinajstić information content (AvgIpc) is 2.48. The maximum atomic E-state index is 13.8. The molecule has 0 saturated heterocycles. The van der Waals surface area contributed by atoms with Crippen LogP contribution >= 0.6 is 0 Å². The number of esters is 1. The maximum Gasteiger partial charge on any atom is 0.340 e. The van der Waals surface area contributed by atoms with Crippen molar-refractivity contribution in [1.29, 1.82) is 0 Å². The van der Waals surface area contributed by atoms with Crippen LogP contribution in [0.5, 0.6) is 0 Å². The third kappa shape index (κ3) is 3.60. The van der Waals surface area contributed by atoms with Gasteiger partial charge >= 0.3 is 5.97 Å². The first kappa shape index (κ1) is 15.0. The van der Waals surface area contributed by atoms with Crippen LogP contribution in [-0.2, 0) is 4.74 Å². The minimum atomic E-state index is -0.388. The Labute approximate surface area is 123 Å². The largest absolute Gasteiger partial charge is 0.462 e. The topological polar surface area (TPSA) is 38.3 Å². The lowest BCUT2D eigenvalue weighted by Gasteiger charge is -2.18. The molecule has 0 amide bonds. The van der Waals surface area contributed by atoms with Crippen molar-refractivity contribution in [2.75, 3.05) is 11.9 Å². The second-order valence-electron chi connectivity index (χ2n) is 4.65. The summed E-state index contributed by atoms with van der Waals surface area (Å²) in [5.74, 6) is -0.660. The van der Waals surface area contributed by atoms with E-state index in [0.717, 1.165) is 0 Å². The Balaban J connectivity index is 2.24. The van der Waals surface area contributed by atoms with Gasteiger partial charge in [-0.15, -0.1) is 0 Å². The first-order chi connectivity index (χ1) is 10.1. The molecule has 2 aromatic carbocycles. The van der Waals surface area contributed by atoms with Gasteiger partial charge in [-0.1, -0.05) is 30.3 Å². The number of benzene rings is 2. The molecule has 2 aromatic rings. The Kier molecular flexibility index (Phi) is 4.93. The standard InChI is InChI=1S/C17H18FNO2/c1-3-21-17(20)14-9-5-7-11-16(14)19-12(2)13-8-4-6-10-15(13)18/h4-12,19H,3H2,1-2H3. The lowest BCUT2D eigenvalue weighted by molar-refractivity contribution is 0.0527. The summed E-state index contributed by atoms with van der Waals surface area (Å²) in [6.45, 7) is 3.92. The molecule has 0 saturated carbocycles. The van der Waals surface area contributed by atoms with Crippen LogP contribution in [-0.4, -0.2) is 12.6 Å². The van der Waals surface area contributed by atoms with Crippen LogP contribution in [0.2, 0.25) is 0 Å². The summed E-state index contributed by atoms with van der Waals surface area (Å²) in [7, 11) is 0. The van der Waals surface area contributed by atoms with Crippen LogP contribution < -0.4 is 5.32 Å². The first-order valence-corrected chi connectivity index (χ1v) is 6.90. The van der Waals surface area contributed by atoms with Gasteiger partial charge in [0, 0.05) is 11.3 Å². The highest BCUT2D eigenvalue weighted by Gasteiger charge is 2.15. The average molecular weight is 287 g/mol. The highest BCUT2D eigenvalue weighted by atomic mass is 19.1. The number of carbonyl (C=O) groups is 1. The van der Waals surface area contributed by atoms with E-state index < -0.39 is 0 Å². The van der Waals surface area contributed by atoms with E-state index in [1.54, 1.807) is 43.3 Å². The van der Waals surface area contributed by atoms with E-state index in [1.165, 1.54) is 6.07 Å². The number of nitrogens with one attached hydrogen (secondary N) is 1. The lowest BCUT2D eigenvalue weighted by Crippen LogP contribution is -2.13. The molecule has 0 aromatic heterocycles. The molecule has 0 aliphatic heterocycles. The van der Waals surface area contributed by atoms with Crippen molar-refractivity contribution < 1.29 is 13.9 Å². The van der Waals surface area contributed by atoms with Crippen LogP contribution in [0.4, 0.5) is 10.1 Å². The molecule has 3 nitrogen and oxygen atoms in total. The normalized spacial score (nSPS) is 11.8. The van der Waals surface area contributed by atoms with Gasteiger partial charge in [0.25, 0.3) is 0 Å². The Morgan fingerprint density at radius 2 is 1.86 bits per heavy atom. The molecule has 0 aliphatic carbocycles. The lowest BCUT2D eigenvalue weighted by atomic mass is 10.1. The summed E-state index contributed by atoms with van der Waals surface area (Å²) < 4.78 is 18.8. The van der Waals surface area contributed by atoms with Gasteiger partial charge < -0.3 is 10.1 Å². The summed E-state index contributed by atoms with van der Waals surface area (Å²) in [4.78, 5) is 11.9. The van der Waals surface area contributed by atoms with E-state index in [2.05, 4.69) is 5.32 Å². The van der Waals surface area contributed by atoms with E-state index in [-0.39, 0.29) is 17.8 Å². The maximum absolute atomic E-state index is 13.8. The Hall–Kier alpha value is -2.36. The highest BCUT2D eigenvalue weighted by molar-refractivity contribution is 5.95. The van der Waals surface area contributed by atoms with Gasteiger partial charge in [-0.2, -0.15) is 0 Å². The van der Waals surface area contributed by atoms with E-state index in [4.69, 9.17) is 4.74 Å². The molecule has 1 atom stereocenters. The fourth-order valence-corrected chi connectivity index (χ4v) is 2.13. The Morgan fingerprint density at radius 1 is 1.19 bits per heavy atom. The second-order valence-corrected chi connectivity index (χ2v) is 4.65. The van der Waals surface area contributed by atoms with Gasteiger partial charge in [-0.05, 0) is 32.0 Å². The van der Waals surface area contributed by atoms with Gasteiger partial charge in [0.1, 0.15) is 5.82 Å². The predicted molar refractivity (Wildman–Crippen MR) is 80.8 cm³/mol. The number of carbonyl (C=O) groups excluding carboxylic acids is 1. The fourth-order valence-electron chi connectivity index (χ4n) is 2.13. The molecule has 0 aliphatic rings. The van der Waals surface area contributed by atoms with Gasteiger partial charge in [-0.25, -0.2) is 9.18 Å². The number of hydrogen-bond acceptors (Lipinski definition) is 3. The number of para-hydroxylation sites is 1. The van der Waals surface area contributed by atoms with Crippen LogP contribution in [0.1, 0.15) is 35.8 Å². The molecule has 0 spiro atoms. The van der Waals surface area contributed by atoms with Crippen molar-refractivity contribution in [1.82, 2.24) is 0 Å². The minimum Gasteiger partial charge on any atom is -0.462 e. The fraction of sp³-hybridized carbons (Fsp3) is 0.235.